The number of furan rings is 1. The third-order valence-electron chi connectivity index (χ3n) is 4.79. The predicted octanol–water partition coefficient (Wildman–Crippen LogP) is 1.49. The summed E-state index contributed by atoms with van der Waals surface area (Å²) in [6.07, 6.45) is 2.93. The van der Waals surface area contributed by atoms with Crippen LogP contribution in [-0.4, -0.2) is 57.3 Å². The first-order valence-electron chi connectivity index (χ1n) is 8.54. The zero-order chi connectivity index (χ0) is 19.1. The van der Waals surface area contributed by atoms with Gasteiger partial charge in [0.1, 0.15) is 4.83 Å². The second kappa shape index (κ2) is 6.66. The van der Waals surface area contributed by atoms with E-state index >= 15 is 0 Å². The first-order chi connectivity index (χ1) is 13.0. The van der Waals surface area contributed by atoms with E-state index in [9.17, 15) is 14.4 Å². The van der Waals surface area contributed by atoms with E-state index in [4.69, 9.17) is 4.42 Å². The van der Waals surface area contributed by atoms with Crippen molar-refractivity contribution >= 4 is 33.4 Å². The SMILES string of the molecule is Cc1c(C(=O)N2CCN(C(=O)c3ccco3)CC2)sc2ncn(C)c(=O)c12. The molecular formula is C18H18N4O4S. The van der Waals surface area contributed by atoms with Crippen molar-refractivity contribution in [1.29, 1.82) is 0 Å². The molecule has 0 spiro atoms. The van der Waals surface area contributed by atoms with Crippen LogP contribution in [0.3, 0.4) is 0 Å². The zero-order valence-corrected chi connectivity index (χ0v) is 15.8. The number of carbonyl (C=O) groups excluding carboxylic acids is 2. The zero-order valence-electron chi connectivity index (χ0n) is 15.0. The van der Waals surface area contributed by atoms with Crippen LogP contribution in [0.1, 0.15) is 25.8 Å². The van der Waals surface area contributed by atoms with Gasteiger partial charge in [-0.05, 0) is 24.6 Å². The molecule has 0 aliphatic carbocycles. The predicted molar refractivity (Wildman–Crippen MR) is 100 cm³/mol. The highest BCUT2D eigenvalue weighted by molar-refractivity contribution is 7.20. The van der Waals surface area contributed by atoms with Crippen LogP contribution in [-0.2, 0) is 7.05 Å². The quantitative estimate of drug-likeness (QED) is 0.666. The Morgan fingerprint density at radius 1 is 1.15 bits per heavy atom. The molecule has 3 aromatic heterocycles. The highest BCUT2D eigenvalue weighted by Crippen LogP contribution is 2.28. The molecule has 1 aliphatic heterocycles. The van der Waals surface area contributed by atoms with Crippen molar-refractivity contribution in [2.75, 3.05) is 26.2 Å². The van der Waals surface area contributed by atoms with E-state index in [2.05, 4.69) is 4.98 Å². The van der Waals surface area contributed by atoms with Crippen molar-refractivity contribution in [2.24, 2.45) is 7.05 Å². The van der Waals surface area contributed by atoms with Gasteiger partial charge in [0.15, 0.2) is 5.76 Å². The maximum absolute atomic E-state index is 13.0. The van der Waals surface area contributed by atoms with Crippen LogP contribution < -0.4 is 5.56 Å². The molecule has 1 saturated heterocycles. The molecule has 27 heavy (non-hydrogen) atoms. The van der Waals surface area contributed by atoms with E-state index in [-0.39, 0.29) is 17.4 Å². The minimum atomic E-state index is -0.169. The number of carbonyl (C=O) groups is 2. The number of nitrogens with zero attached hydrogens (tertiary/aromatic N) is 4. The van der Waals surface area contributed by atoms with Crippen LogP contribution >= 0.6 is 11.3 Å². The second-order valence-corrected chi connectivity index (χ2v) is 7.46. The van der Waals surface area contributed by atoms with Gasteiger partial charge in [0, 0.05) is 33.2 Å². The number of rotatable bonds is 2. The molecular weight excluding hydrogens is 368 g/mol. The fraction of sp³-hybridized carbons (Fsp3) is 0.333. The summed E-state index contributed by atoms with van der Waals surface area (Å²) < 4.78 is 6.57. The average molecular weight is 386 g/mol. The molecule has 4 rings (SSSR count). The molecule has 9 heteroatoms. The lowest BCUT2D eigenvalue weighted by Gasteiger charge is -2.34. The third-order valence-corrected chi connectivity index (χ3v) is 5.98. The average Bonchev–Trinajstić information content (AvgIpc) is 3.32. The molecule has 2 amide bonds. The van der Waals surface area contributed by atoms with Gasteiger partial charge in [-0.1, -0.05) is 0 Å². The maximum Gasteiger partial charge on any atom is 0.289 e. The minimum Gasteiger partial charge on any atom is -0.459 e. The Morgan fingerprint density at radius 3 is 2.44 bits per heavy atom. The van der Waals surface area contributed by atoms with Crippen molar-refractivity contribution in [3.63, 3.8) is 0 Å². The summed E-state index contributed by atoms with van der Waals surface area (Å²) >= 11 is 1.24. The first kappa shape index (κ1) is 17.5. The van der Waals surface area contributed by atoms with Crippen molar-refractivity contribution < 1.29 is 14.0 Å². The fourth-order valence-electron chi connectivity index (χ4n) is 3.23. The van der Waals surface area contributed by atoms with Crippen LogP contribution in [0.2, 0.25) is 0 Å². The standard InChI is InChI=1S/C18H18N4O4S/c1-11-13-15(19-10-20(2)17(13)24)27-14(11)18(25)22-7-5-21(6-8-22)16(23)12-4-3-9-26-12/h3-4,9-10H,5-8H2,1-2H3. The summed E-state index contributed by atoms with van der Waals surface area (Å²) in [5, 5.41) is 0.500. The highest BCUT2D eigenvalue weighted by atomic mass is 32.1. The molecule has 0 unspecified atom stereocenters. The number of amides is 2. The van der Waals surface area contributed by atoms with Crippen molar-refractivity contribution in [3.8, 4) is 0 Å². The minimum absolute atomic E-state index is 0.123. The molecule has 140 valence electrons. The molecule has 0 saturated carbocycles. The van der Waals surface area contributed by atoms with Crippen molar-refractivity contribution in [2.45, 2.75) is 6.92 Å². The number of hydrogen-bond acceptors (Lipinski definition) is 6. The molecule has 0 bridgehead atoms. The van der Waals surface area contributed by atoms with E-state index in [1.807, 2.05) is 0 Å². The molecule has 1 fully saturated rings. The Kier molecular flexibility index (Phi) is 4.31. The largest absolute Gasteiger partial charge is 0.459 e. The van der Waals surface area contributed by atoms with Gasteiger partial charge in [0.05, 0.1) is 22.9 Å². The van der Waals surface area contributed by atoms with E-state index in [0.29, 0.717) is 52.6 Å². The number of aryl methyl sites for hydroxylation is 2. The van der Waals surface area contributed by atoms with E-state index in [1.165, 1.54) is 28.5 Å². The molecule has 0 radical (unpaired) electrons. The van der Waals surface area contributed by atoms with Gasteiger partial charge in [-0.3, -0.25) is 14.4 Å². The van der Waals surface area contributed by atoms with Crippen LogP contribution in [0.4, 0.5) is 0 Å². The summed E-state index contributed by atoms with van der Waals surface area (Å²) in [6.45, 7) is 3.53. The molecule has 3 aromatic rings. The Bertz CT molecular complexity index is 1070. The monoisotopic (exact) mass is 386 g/mol. The Balaban J connectivity index is 1.52. The van der Waals surface area contributed by atoms with Crippen LogP contribution in [0, 0.1) is 6.92 Å². The lowest BCUT2D eigenvalue weighted by Crippen LogP contribution is -2.50. The van der Waals surface area contributed by atoms with Gasteiger partial charge in [-0.2, -0.15) is 0 Å². The van der Waals surface area contributed by atoms with Gasteiger partial charge in [-0.25, -0.2) is 4.98 Å². The number of piperazine rings is 1. The van der Waals surface area contributed by atoms with Gasteiger partial charge in [0.25, 0.3) is 17.4 Å². The molecule has 0 N–H and O–H groups in total. The molecule has 4 heterocycles. The number of thiophene rings is 1. The van der Waals surface area contributed by atoms with Crippen molar-refractivity contribution in [1.82, 2.24) is 19.4 Å². The van der Waals surface area contributed by atoms with Crippen LogP contribution in [0.25, 0.3) is 10.2 Å². The molecule has 8 nitrogen and oxygen atoms in total. The molecule has 1 aliphatic rings. The summed E-state index contributed by atoms with van der Waals surface area (Å²) in [6, 6.07) is 3.31. The topological polar surface area (TPSA) is 88.7 Å². The number of aromatic nitrogens is 2. The summed E-state index contributed by atoms with van der Waals surface area (Å²) in [4.78, 5) is 46.4. The third kappa shape index (κ3) is 2.93. The highest BCUT2D eigenvalue weighted by Gasteiger charge is 2.29. The normalized spacial score (nSPS) is 14.7. The summed E-state index contributed by atoms with van der Waals surface area (Å²) in [5.74, 6) is 0.0116. The Hall–Kier alpha value is -2.94. The van der Waals surface area contributed by atoms with Crippen molar-refractivity contribution in [3.05, 3.63) is 51.3 Å². The fourth-order valence-corrected chi connectivity index (χ4v) is 4.33. The summed E-state index contributed by atoms with van der Waals surface area (Å²) in [7, 11) is 1.64. The molecule has 0 aromatic carbocycles. The second-order valence-electron chi connectivity index (χ2n) is 6.46. The summed E-state index contributed by atoms with van der Waals surface area (Å²) in [5.41, 5.74) is 0.518. The van der Waals surface area contributed by atoms with Gasteiger partial charge in [-0.15, -0.1) is 11.3 Å². The van der Waals surface area contributed by atoms with E-state index in [1.54, 1.807) is 35.9 Å². The van der Waals surface area contributed by atoms with Crippen LogP contribution in [0.15, 0.2) is 33.9 Å². The number of hydrogen-bond donors (Lipinski definition) is 0. The smallest absolute Gasteiger partial charge is 0.289 e. The lowest BCUT2D eigenvalue weighted by atomic mass is 10.2. The molecule has 0 atom stereocenters. The van der Waals surface area contributed by atoms with Crippen LogP contribution in [0.5, 0.6) is 0 Å². The van der Waals surface area contributed by atoms with Gasteiger partial charge < -0.3 is 18.8 Å². The van der Waals surface area contributed by atoms with E-state index in [0.717, 1.165) is 0 Å². The maximum atomic E-state index is 13.0. The van der Waals surface area contributed by atoms with Gasteiger partial charge in [0.2, 0.25) is 0 Å². The Morgan fingerprint density at radius 2 is 1.81 bits per heavy atom. The van der Waals surface area contributed by atoms with Gasteiger partial charge >= 0.3 is 0 Å². The number of fused-ring (bicyclic) bond motifs is 1. The first-order valence-corrected chi connectivity index (χ1v) is 9.36. The lowest BCUT2D eigenvalue weighted by molar-refractivity contribution is 0.0520. The Labute approximate surface area is 158 Å². The van der Waals surface area contributed by atoms with E-state index < -0.39 is 0 Å².